The Labute approximate surface area is 143 Å². The number of hydrogen-bond acceptors (Lipinski definition) is 6. The molecule has 2 aromatic heterocycles. The minimum Gasteiger partial charge on any atom is -0.463 e. The van der Waals surface area contributed by atoms with Crippen LogP contribution in [-0.2, 0) is 15.1 Å². The number of amides is 4. The molecule has 2 aromatic rings. The molecular formula is C16H18N4O5. The van der Waals surface area contributed by atoms with Gasteiger partial charge < -0.3 is 19.6 Å². The quantitative estimate of drug-likeness (QED) is 0.795. The summed E-state index contributed by atoms with van der Waals surface area (Å²) in [5.74, 6) is 1.00. The number of carbonyl (C=O) groups excluding carboxylic acids is 3. The summed E-state index contributed by atoms with van der Waals surface area (Å²) >= 11 is 0. The maximum Gasteiger partial charge on any atom is 0.325 e. The Balaban J connectivity index is 1.64. The molecule has 1 aliphatic rings. The first kappa shape index (κ1) is 16.7. The molecule has 9 heteroatoms. The predicted molar refractivity (Wildman–Crippen MR) is 85.5 cm³/mol. The first-order valence-corrected chi connectivity index (χ1v) is 7.74. The number of urea groups is 1. The van der Waals surface area contributed by atoms with Crippen LogP contribution in [-0.4, -0.2) is 34.4 Å². The van der Waals surface area contributed by atoms with Crippen LogP contribution in [0.15, 0.2) is 27.1 Å². The predicted octanol–water partition coefficient (Wildman–Crippen LogP) is 1.68. The summed E-state index contributed by atoms with van der Waals surface area (Å²) in [5.41, 5.74) is -1.27. The minimum atomic E-state index is -1.27. The van der Waals surface area contributed by atoms with Crippen LogP contribution in [0.25, 0.3) is 0 Å². The molecule has 3 rings (SSSR count). The van der Waals surface area contributed by atoms with Gasteiger partial charge >= 0.3 is 6.03 Å². The van der Waals surface area contributed by atoms with Gasteiger partial charge in [0.1, 0.15) is 17.3 Å². The molecule has 9 nitrogen and oxygen atoms in total. The Morgan fingerprint density at radius 3 is 2.68 bits per heavy atom. The molecule has 2 N–H and O–H groups in total. The van der Waals surface area contributed by atoms with Gasteiger partial charge in [-0.2, -0.15) is 0 Å². The van der Waals surface area contributed by atoms with Gasteiger partial charge in [0.05, 0.1) is 0 Å². The SMILES string of the molecule is Cc1cc(NC(=O)CCN2C(=O)N[C@](C)(c3ccc(C)o3)C2=O)no1. The molecule has 0 aliphatic carbocycles. The molecule has 1 atom stereocenters. The Bertz CT molecular complexity index is 839. The van der Waals surface area contributed by atoms with Crippen LogP contribution in [0.2, 0.25) is 0 Å². The third kappa shape index (κ3) is 3.12. The van der Waals surface area contributed by atoms with Gasteiger partial charge in [0.25, 0.3) is 5.91 Å². The van der Waals surface area contributed by atoms with Crippen LogP contribution in [0, 0.1) is 13.8 Å². The van der Waals surface area contributed by atoms with Gasteiger partial charge in [-0.25, -0.2) is 4.79 Å². The fourth-order valence-corrected chi connectivity index (χ4v) is 2.61. The highest BCUT2D eigenvalue weighted by Gasteiger charge is 2.50. The van der Waals surface area contributed by atoms with Crippen molar-refractivity contribution in [1.29, 1.82) is 0 Å². The van der Waals surface area contributed by atoms with E-state index >= 15 is 0 Å². The van der Waals surface area contributed by atoms with E-state index in [0.29, 0.717) is 17.3 Å². The number of furan rings is 1. The van der Waals surface area contributed by atoms with Crippen molar-refractivity contribution in [3.05, 3.63) is 35.5 Å². The molecular weight excluding hydrogens is 328 g/mol. The molecule has 25 heavy (non-hydrogen) atoms. The summed E-state index contributed by atoms with van der Waals surface area (Å²) in [7, 11) is 0. The second-order valence-electron chi connectivity index (χ2n) is 6.04. The average Bonchev–Trinajstić information content (AvgIpc) is 3.20. The van der Waals surface area contributed by atoms with Crippen molar-refractivity contribution in [3.8, 4) is 0 Å². The number of aryl methyl sites for hydroxylation is 2. The number of imide groups is 1. The first-order chi connectivity index (χ1) is 11.8. The number of anilines is 1. The van der Waals surface area contributed by atoms with Gasteiger partial charge in [0, 0.05) is 19.0 Å². The Morgan fingerprint density at radius 2 is 2.08 bits per heavy atom. The van der Waals surface area contributed by atoms with Crippen LogP contribution in [0.1, 0.15) is 30.6 Å². The maximum atomic E-state index is 12.6. The smallest absolute Gasteiger partial charge is 0.325 e. The highest BCUT2D eigenvalue weighted by atomic mass is 16.5. The third-order valence-corrected chi connectivity index (χ3v) is 3.97. The lowest BCUT2D eigenvalue weighted by Crippen LogP contribution is -2.40. The molecule has 0 saturated carbocycles. The van der Waals surface area contributed by atoms with E-state index in [1.54, 1.807) is 39.0 Å². The molecule has 3 heterocycles. The normalized spacial score (nSPS) is 20.0. The molecule has 4 amide bonds. The van der Waals surface area contributed by atoms with Crippen LogP contribution >= 0.6 is 0 Å². The van der Waals surface area contributed by atoms with Crippen molar-refractivity contribution >= 4 is 23.7 Å². The van der Waals surface area contributed by atoms with Gasteiger partial charge in [-0.15, -0.1) is 0 Å². The standard InChI is InChI=1S/C16H18N4O5/c1-9-4-5-11(24-9)16(3)14(22)20(15(23)18-16)7-6-13(21)17-12-8-10(2)25-19-12/h4-5,8H,6-7H2,1-3H3,(H,18,23)(H,17,19,21)/t16-/m1/s1. The molecule has 1 fully saturated rings. The molecule has 0 unspecified atom stereocenters. The lowest BCUT2D eigenvalue weighted by Gasteiger charge is -2.19. The van der Waals surface area contributed by atoms with Gasteiger partial charge in [0.15, 0.2) is 11.4 Å². The van der Waals surface area contributed by atoms with Crippen molar-refractivity contribution in [2.75, 3.05) is 11.9 Å². The maximum absolute atomic E-state index is 12.6. The lowest BCUT2D eigenvalue weighted by atomic mass is 9.99. The third-order valence-electron chi connectivity index (χ3n) is 3.97. The van der Waals surface area contributed by atoms with Gasteiger partial charge in [-0.1, -0.05) is 5.16 Å². The van der Waals surface area contributed by atoms with E-state index in [0.717, 1.165) is 4.90 Å². The number of nitrogens with one attached hydrogen (secondary N) is 2. The minimum absolute atomic E-state index is 0.0530. The molecule has 0 aromatic carbocycles. The molecule has 0 radical (unpaired) electrons. The van der Waals surface area contributed by atoms with Gasteiger partial charge in [0.2, 0.25) is 5.91 Å². The van der Waals surface area contributed by atoms with E-state index in [4.69, 9.17) is 8.94 Å². The zero-order valence-electron chi connectivity index (χ0n) is 14.1. The highest BCUT2D eigenvalue weighted by molar-refractivity contribution is 6.07. The summed E-state index contributed by atoms with van der Waals surface area (Å²) in [6.07, 6.45) is -0.0572. The lowest BCUT2D eigenvalue weighted by molar-refractivity contribution is -0.131. The highest BCUT2D eigenvalue weighted by Crippen LogP contribution is 2.30. The second kappa shape index (κ2) is 6.08. The van der Waals surface area contributed by atoms with Crippen LogP contribution in [0.5, 0.6) is 0 Å². The average molecular weight is 346 g/mol. The molecule has 0 bridgehead atoms. The van der Waals surface area contributed by atoms with E-state index in [1.165, 1.54) is 0 Å². The zero-order chi connectivity index (χ0) is 18.2. The number of carbonyl (C=O) groups is 3. The van der Waals surface area contributed by atoms with Crippen LogP contribution in [0.3, 0.4) is 0 Å². The van der Waals surface area contributed by atoms with Crippen LogP contribution < -0.4 is 10.6 Å². The molecule has 1 saturated heterocycles. The monoisotopic (exact) mass is 346 g/mol. The Hall–Kier alpha value is -3.10. The fraction of sp³-hybridized carbons (Fsp3) is 0.375. The summed E-state index contributed by atoms with van der Waals surface area (Å²) in [6.45, 7) is 4.97. The van der Waals surface area contributed by atoms with E-state index in [9.17, 15) is 14.4 Å². The van der Waals surface area contributed by atoms with E-state index in [2.05, 4.69) is 15.8 Å². The topological polar surface area (TPSA) is 118 Å². The molecule has 132 valence electrons. The van der Waals surface area contributed by atoms with Crippen molar-refractivity contribution in [2.24, 2.45) is 0 Å². The second-order valence-corrected chi connectivity index (χ2v) is 6.04. The summed E-state index contributed by atoms with van der Waals surface area (Å²) in [5, 5.41) is 8.81. The Kier molecular flexibility index (Phi) is 4.07. The number of hydrogen-bond donors (Lipinski definition) is 2. The van der Waals surface area contributed by atoms with Crippen molar-refractivity contribution in [2.45, 2.75) is 32.7 Å². The number of rotatable bonds is 5. The number of nitrogens with zero attached hydrogens (tertiary/aromatic N) is 2. The largest absolute Gasteiger partial charge is 0.463 e. The summed E-state index contributed by atoms with van der Waals surface area (Å²) < 4.78 is 10.3. The van der Waals surface area contributed by atoms with E-state index in [1.807, 2.05) is 0 Å². The molecule has 1 aliphatic heterocycles. The van der Waals surface area contributed by atoms with Crippen molar-refractivity contribution < 1.29 is 23.3 Å². The zero-order valence-corrected chi connectivity index (χ0v) is 14.1. The number of aromatic nitrogens is 1. The van der Waals surface area contributed by atoms with Crippen molar-refractivity contribution in [3.63, 3.8) is 0 Å². The van der Waals surface area contributed by atoms with Crippen molar-refractivity contribution in [1.82, 2.24) is 15.4 Å². The van der Waals surface area contributed by atoms with E-state index < -0.39 is 17.5 Å². The first-order valence-electron chi connectivity index (χ1n) is 7.74. The van der Waals surface area contributed by atoms with Crippen LogP contribution in [0.4, 0.5) is 10.6 Å². The fourth-order valence-electron chi connectivity index (χ4n) is 2.61. The van der Waals surface area contributed by atoms with Gasteiger partial charge in [-0.3, -0.25) is 14.5 Å². The Morgan fingerprint density at radius 1 is 1.32 bits per heavy atom. The summed E-state index contributed by atoms with van der Waals surface area (Å²) in [4.78, 5) is 37.7. The summed E-state index contributed by atoms with van der Waals surface area (Å²) in [6, 6.07) is 4.38. The van der Waals surface area contributed by atoms with Gasteiger partial charge in [-0.05, 0) is 32.9 Å². The van der Waals surface area contributed by atoms with E-state index in [-0.39, 0.29) is 24.7 Å². The molecule has 0 spiro atoms.